The molecule has 33 heavy (non-hydrogen) atoms. The van der Waals surface area contributed by atoms with E-state index in [1.165, 1.54) is 55.1 Å². The maximum atomic E-state index is 6.84. The molecule has 1 aliphatic rings. The van der Waals surface area contributed by atoms with Gasteiger partial charge in [-0.05, 0) is 76.9 Å². The Hall–Kier alpha value is -2.87. The average Bonchev–Trinajstić information content (AvgIpc) is 2.68. The fraction of sp³-hybridized carbons (Fsp3) is 0.387. The van der Waals surface area contributed by atoms with Gasteiger partial charge in [-0.2, -0.15) is 4.57 Å². The molecular weight excluding hydrogens is 402 g/mol. The van der Waals surface area contributed by atoms with Gasteiger partial charge in [0.15, 0.2) is 6.20 Å². The van der Waals surface area contributed by atoms with E-state index < -0.39 is 0 Å². The van der Waals surface area contributed by atoms with Crippen LogP contribution in [0.15, 0.2) is 42.6 Å². The molecule has 2 heteroatoms. The van der Waals surface area contributed by atoms with E-state index in [1.807, 2.05) is 0 Å². The number of hydrogen-bond donors (Lipinski definition) is 0. The summed E-state index contributed by atoms with van der Waals surface area (Å²) >= 11 is 0. The first kappa shape index (κ1) is 21.9. The van der Waals surface area contributed by atoms with E-state index in [9.17, 15) is 0 Å². The van der Waals surface area contributed by atoms with Crippen LogP contribution in [0.1, 0.15) is 63.8 Å². The van der Waals surface area contributed by atoms with E-state index in [1.54, 1.807) is 0 Å². The van der Waals surface area contributed by atoms with Gasteiger partial charge in [0, 0.05) is 16.2 Å². The summed E-state index contributed by atoms with van der Waals surface area (Å²) in [5.74, 6) is 1.97. The summed E-state index contributed by atoms with van der Waals surface area (Å²) in [5, 5.41) is 4.92. The van der Waals surface area contributed by atoms with Crippen LogP contribution in [0.3, 0.4) is 0 Å². The van der Waals surface area contributed by atoms with Crippen LogP contribution in [0.2, 0.25) is 0 Å². The van der Waals surface area contributed by atoms with Crippen molar-refractivity contribution in [3.8, 4) is 22.8 Å². The second kappa shape index (κ2) is 7.06. The fourth-order valence-electron chi connectivity index (χ4n) is 5.29. The maximum Gasteiger partial charge on any atom is 0.257 e. The van der Waals surface area contributed by atoms with Crippen LogP contribution < -0.4 is 9.30 Å². The summed E-state index contributed by atoms with van der Waals surface area (Å²) in [7, 11) is 2.14. The van der Waals surface area contributed by atoms with Crippen LogP contribution in [0, 0.1) is 19.3 Å². The molecule has 2 heterocycles. The number of aryl methyl sites for hydroxylation is 2. The number of hydrogen-bond acceptors (Lipinski definition) is 1. The molecule has 170 valence electrons. The van der Waals surface area contributed by atoms with Crippen molar-refractivity contribution in [1.29, 1.82) is 0 Å². The zero-order valence-electron chi connectivity index (χ0n) is 21.6. The van der Waals surface area contributed by atoms with Gasteiger partial charge in [0.2, 0.25) is 5.75 Å². The topological polar surface area (TPSA) is 13.1 Å². The van der Waals surface area contributed by atoms with Crippen molar-refractivity contribution in [2.75, 3.05) is 0 Å². The Bertz CT molecular complexity index is 1450. The third-order valence-corrected chi connectivity index (χ3v) is 7.03. The molecule has 0 saturated heterocycles. The Morgan fingerprint density at radius 1 is 0.879 bits per heavy atom. The zero-order valence-corrected chi connectivity index (χ0v) is 21.6. The first-order valence-electron chi connectivity index (χ1n) is 12.1. The van der Waals surface area contributed by atoms with E-state index in [0.29, 0.717) is 0 Å². The Morgan fingerprint density at radius 2 is 1.61 bits per heavy atom. The van der Waals surface area contributed by atoms with E-state index in [2.05, 4.69) is 110 Å². The van der Waals surface area contributed by atoms with Crippen LogP contribution in [-0.2, 0) is 18.9 Å². The molecule has 0 aliphatic carbocycles. The summed E-state index contributed by atoms with van der Waals surface area (Å²) in [6.45, 7) is 18.2. The van der Waals surface area contributed by atoms with Crippen LogP contribution in [-0.4, -0.2) is 0 Å². The molecule has 1 aliphatic heterocycles. The minimum atomic E-state index is 0.0814. The molecule has 0 fully saturated rings. The highest BCUT2D eigenvalue weighted by Gasteiger charge is 2.33. The number of rotatable bonds is 1. The Kier molecular flexibility index (Phi) is 4.70. The SMILES string of the molecule is Cc1cc2cc(CC(C)(C)C)cc3c2c(c1C)-c1c(c2cc(C(C)(C)C)ccc2c[n+]1C)O3. The van der Waals surface area contributed by atoms with Crippen LogP contribution in [0.25, 0.3) is 32.8 Å². The molecule has 4 aromatic rings. The smallest absolute Gasteiger partial charge is 0.257 e. The van der Waals surface area contributed by atoms with Crippen molar-refractivity contribution in [3.05, 3.63) is 64.8 Å². The number of pyridine rings is 1. The average molecular weight is 439 g/mol. The molecule has 1 aromatic heterocycles. The van der Waals surface area contributed by atoms with Crippen LogP contribution in [0.4, 0.5) is 0 Å². The summed E-state index contributed by atoms with van der Waals surface area (Å²) in [4.78, 5) is 0. The second-order valence-electron chi connectivity index (χ2n) is 12.2. The number of benzene rings is 3. The third kappa shape index (κ3) is 3.60. The second-order valence-corrected chi connectivity index (χ2v) is 12.2. The van der Waals surface area contributed by atoms with Crippen LogP contribution in [0.5, 0.6) is 11.5 Å². The predicted molar refractivity (Wildman–Crippen MR) is 139 cm³/mol. The number of ether oxygens (including phenoxy) is 1. The lowest BCUT2D eigenvalue weighted by Gasteiger charge is -2.26. The Morgan fingerprint density at radius 3 is 2.27 bits per heavy atom. The normalized spacial score (nSPS) is 13.4. The monoisotopic (exact) mass is 438 g/mol. The van der Waals surface area contributed by atoms with Crippen LogP contribution >= 0.6 is 0 Å². The minimum absolute atomic E-state index is 0.0814. The fourth-order valence-corrected chi connectivity index (χ4v) is 5.29. The number of fused-ring (bicyclic) bond motifs is 4. The molecule has 0 radical (unpaired) electrons. The van der Waals surface area contributed by atoms with E-state index >= 15 is 0 Å². The molecular formula is C31H36NO+. The number of nitrogens with zero attached hydrogens (tertiary/aromatic N) is 1. The zero-order chi connectivity index (χ0) is 23.9. The molecule has 0 atom stereocenters. The maximum absolute atomic E-state index is 6.84. The number of aromatic nitrogens is 1. The van der Waals surface area contributed by atoms with Gasteiger partial charge in [0.25, 0.3) is 5.69 Å². The molecule has 0 unspecified atom stereocenters. The lowest BCUT2D eigenvalue weighted by Crippen LogP contribution is -2.32. The third-order valence-electron chi connectivity index (χ3n) is 7.03. The highest BCUT2D eigenvalue weighted by atomic mass is 16.5. The lowest BCUT2D eigenvalue weighted by atomic mass is 9.84. The van der Waals surface area contributed by atoms with Crippen molar-refractivity contribution < 1.29 is 9.30 Å². The van der Waals surface area contributed by atoms with Crippen molar-refractivity contribution in [1.82, 2.24) is 0 Å². The van der Waals surface area contributed by atoms with Crippen molar-refractivity contribution in [2.45, 2.75) is 67.2 Å². The van der Waals surface area contributed by atoms with Gasteiger partial charge in [-0.15, -0.1) is 0 Å². The minimum Gasteiger partial charge on any atom is -0.449 e. The Labute approximate surface area is 198 Å². The molecule has 0 spiro atoms. The predicted octanol–water partition coefficient (Wildman–Crippen LogP) is 8.09. The summed E-state index contributed by atoms with van der Waals surface area (Å²) in [5.41, 5.74) is 8.11. The molecule has 3 aromatic carbocycles. The molecule has 5 rings (SSSR count). The quantitative estimate of drug-likeness (QED) is 0.241. The van der Waals surface area contributed by atoms with E-state index in [-0.39, 0.29) is 10.8 Å². The van der Waals surface area contributed by atoms with Gasteiger partial charge in [-0.25, -0.2) is 0 Å². The molecule has 0 bridgehead atoms. The summed E-state index contributed by atoms with van der Waals surface area (Å²) in [6, 6.07) is 13.8. The highest BCUT2D eigenvalue weighted by molar-refractivity contribution is 6.07. The molecule has 0 amide bonds. The van der Waals surface area contributed by atoms with Gasteiger partial charge in [0.05, 0.1) is 5.56 Å². The Balaban J connectivity index is 1.88. The first-order chi connectivity index (χ1) is 15.3. The van der Waals surface area contributed by atoms with Gasteiger partial charge < -0.3 is 4.74 Å². The van der Waals surface area contributed by atoms with Crippen molar-refractivity contribution >= 4 is 21.5 Å². The molecule has 2 nitrogen and oxygen atoms in total. The standard InChI is InChI=1S/C31H36NO/c1-18-12-22-13-20(16-30(3,4)5)14-25-27(22)26(19(18)2)28-29(33-25)24-15-23(31(6,7)8)11-10-21(24)17-32(28)9/h10-15,17H,16H2,1-9H3/q+1. The van der Waals surface area contributed by atoms with Crippen molar-refractivity contribution in [2.24, 2.45) is 12.5 Å². The van der Waals surface area contributed by atoms with Gasteiger partial charge in [-0.1, -0.05) is 59.7 Å². The summed E-state index contributed by atoms with van der Waals surface area (Å²) < 4.78 is 9.09. The molecule has 0 saturated carbocycles. The van der Waals surface area contributed by atoms with E-state index in [4.69, 9.17) is 4.74 Å². The lowest BCUT2D eigenvalue weighted by molar-refractivity contribution is -0.659. The molecule has 0 N–H and O–H groups in total. The first-order valence-corrected chi connectivity index (χ1v) is 12.1. The highest BCUT2D eigenvalue weighted by Crippen LogP contribution is 2.50. The van der Waals surface area contributed by atoms with Gasteiger partial charge in [-0.3, -0.25) is 0 Å². The summed E-state index contributed by atoms with van der Waals surface area (Å²) in [6.07, 6.45) is 3.27. The van der Waals surface area contributed by atoms with Gasteiger partial charge in [0.1, 0.15) is 12.8 Å². The van der Waals surface area contributed by atoms with Crippen molar-refractivity contribution in [3.63, 3.8) is 0 Å². The van der Waals surface area contributed by atoms with E-state index in [0.717, 1.165) is 17.9 Å². The largest absolute Gasteiger partial charge is 0.449 e. The van der Waals surface area contributed by atoms with Gasteiger partial charge >= 0.3 is 0 Å².